The fourth-order valence-corrected chi connectivity index (χ4v) is 3.66. The standard InChI is InChI=1S/C18H30N6OS/c1-14-4-3-6-24(13-14)16-12-15(2)20-17(21-16)22-18(26)19-5-7-23-8-10-25-11-9-23/h12,14H,3-11,13H2,1-2H3,(H2,19,20,21,22,26). The Hall–Kier alpha value is -1.51. The Kier molecular flexibility index (Phi) is 6.99. The SMILES string of the molecule is Cc1cc(N2CCCC(C)C2)nc(NC(=S)NCCN2CCOCC2)n1. The molecule has 0 spiro atoms. The Bertz CT molecular complexity index is 607. The van der Waals surface area contributed by atoms with Gasteiger partial charge in [0.15, 0.2) is 5.11 Å². The van der Waals surface area contributed by atoms with E-state index in [2.05, 4.69) is 43.4 Å². The van der Waals surface area contributed by atoms with Crippen molar-refractivity contribution in [1.29, 1.82) is 0 Å². The van der Waals surface area contributed by atoms with E-state index in [0.717, 1.165) is 64.0 Å². The molecule has 0 aromatic carbocycles. The summed E-state index contributed by atoms with van der Waals surface area (Å²) in [6.45, 7) is 11.8. The molecule has 3 heterocycles. The predicted octanol–water partition coefficient (Wildman–Crippen LogP) is 1.64. The molecule has 0 bridgehead atoms. The van der Waals surface area contributed by atoms with E-state index in [9.17, 15) is 0 Å². The number of piperidine rings is 1. The quantitative estimate of drug-likeness (QED) is 0.750. The maximum atomic E-state index is 5.41. The molecule has 144 valence electrons. The van der Waals surface area contributed by atoms with Crippen molar-refractivity contribution in [2.24, 2.45) is 5.92 Å². The first kappa shape index (κ1) is 19.3. The molecule has 1 unspecified atom stereocenters. The number of anilines is 2. The summed E-state index contributed by atoms with van der Waals surface area (Å²) in [6.07, 6.45) is 2.51. The van der Waals surface area contributed by atoms with Crippen molar-refractivity contribution in [3.05, 3.63) is 11.8 Å². The first-order chi connectivity index (χ1) is 12.6. The van der Waals surface area contributed by atoms with E-state index >= 15 is 0 Å². The second-order valence-electron chi connectivity index (χ2n) is 7.22. The van der Waals surface area contributed by atoms with E-state index in [4.69, 9.17) is 17.0 Å². The number of hydrogen-bond donors (Lipinski definition) is 2. The monoisotopic (exact) mass is 378 g/mol. The number of aryl methyl sites for hydroxylation is 1. The van der Waals surface area contributed by atoms with Crippen LogP contribution in [0.15, 0.2) is 6.07 Å². The first-order valence-corrected chi connectivity index (χ1v) is 9.96. The van der Waals surface area contributed by atoms with Crippen LogP contribution in [0.4, 0.5) is 11.8 Å². The zero-order valence-corrected chi connectivity index (χ0v) is 16.6. The van der Waals surface area contributed by atoms with Crippen molar-refractivity contribution < 1.29 is 4.74 Å². The fourth-order valence-electron chi connectivity index (χ4n) is 3.47. The molecule has 1 atom stereocenters. The Morgan fingerprint density at radius 2 is 2.12 bits per heavy atom. The summed E-state index contributed by atoms with van der Waals surface area (Å²) in [5, 5.41) is 6.96. The fraction of sp³-hybridized carbons (Fsp3) is 0.722. The van der Waals surface area contributed by atoms with Crippen LogP contribution in [0.5, 0.6) is 0 Å². The number of hydrogen-bond acceptors (Lipinski definition) is 6. The van der Waals surface area contributed by atoms with Gasteiger partial charge in [-0.25, -0.2) is 4.98 Å². The van der Waals surface area contributed by atoms with Crippen LogP contribution in [-0.4, -0.2) is 72.5 Å². The molecule has 2 aliphatic rings. The van der Waals surface area contributed by atoms with Crippen LogP contribution in [0.2, 0.25) is 0 Å². The molecule has 0 aliphatic carbocycles. The molecule has 1 aromatic rings. The highest BCUT2D eigenvalue weighted by Gasteiger charge is 2.18. The third-order valence-corrected chi connectivity index (χ3v) is 5.11. The zero-order chi connectivity index (χ0) is 18.4. The largest absolute Gasteiger partial charge is 0.379 e. The van der Waals surface area contributed by atoms with Gasteiger partial charge >= 0.3 is 0 Å². The lowest BCUT2D eigenvalue weighted by molar-refractivity contribution is 0.0389. The number of ether oxygens (including phenoxy) is 1. The molecule has 26 heavy (non-hydrogen) atoms. The molecule has 2 saturated heterocycles. The van der Waals surface area contributed by atoms with E-state index in [0.29, 0.717) is 17.0 Å². The summed E-state index contributed by atoms with van der Waals surface area (Å²) in [5.74, 6) is 2.27. The van der Waals surface area contributed by atoms with Gasteiger partial charge in [0.25, 0.3) is 0 Å². The van der Waals surface area contributed by atoms with Gasteiger partial charge in [-0.15, -0.1) is 0 Å². The summed E-state index contributed by atoms with van der Waals surface area (Å²) in [7, 11) is 0. The van der Waals surface area contributed by atoms with E-state index in [-0.39, 0.29) is 0 Å². The molecule has 0 radical (unpaired) electrons. The number of aromatic nitrogens is 2. The van der Waals surface area contributed by atoms with Gasteiger partial charge in [-0.05, 0) is 37.9 Å². The number of nitrogens with one attached hydrogen (secondary N) is 2. The lowest BCUT2D eigenvalue weighted by atomic mass is 10.0. The minimum atomic E-state index is 0.571. The average Bonchev–Trinajstić information content (AvgIpc) is 2.62. The highest BCUT2D eigenvalue weighted by Crippen LogP contribution is 2.22. The molecule has 7 nitrogen and oxygen atoms in total. The van der Waals surface area contributed by atoms with Gasteiger partial charge in [0.05, 0.1) is 13.2 Å². The van der Waals surface area contributed by atoms with Crippen molar-refractivity contribution in [2.45, 2.75) is 26.7 Å². The number of morpholine rings is 1. The summed E-state index contributed by atoms with van der Waals surface area (Å²) in [5.41, 5.74) is 0.951. The van der Waals surface area contributed by atoms with Gasteiger partial charge in [0.2, 0.25) is 5.95 Å². The summed E-state index contributed by atoms with van der Waals surface area (Å²) in [4.78, 5) is 13.9. The predicted molar refractivity (Wildman–Crippen MR) is 109 cm³/mol. The summed E-state index contributed by atoms with van der Waals surface area (Å²) < 4.78 is 5.36. The van der Waals surface area contributed by atoms with Crippen molar-refractivity contribution in [2.75, 3.05) is 62.7 Å². The van der Waals surface area contributed by atoms with Gasteiger partial charge < -0.3 is 20.3 Å². The summed E-state index contributed by atoms with van der Waals surface area (Å²) >= 11 is 5.41. The Morgan fingerprint density at radius 1 is 1.31 bits per heavy atom. The zero-order valence-electron chi connectivity index (χ0n) is 15.8. The van der Waals surface area contributed by atoms with Crippen LogP contribution in [-0.2, 0) is 4.74 Å². The van der Waals surface area contributed by atoms with Gasteiger partial charge in [-0.2, -0.15) is 4.98 Å². The maximum absolute atomic E-state index is 5.41. The van der Waals surface area contributed by atoms with Crippen LogP contribution >= 0.6 is 12.2 Å². The normalized spacial score (nSPS) is 21.5. The van der Waals surface area contributed by atoms with Gasteiger partial charge in [-0.1, -0.05) is 6.92 Å². The molecular weight excluding hydrogens is 348 g/mol. The van der Waals surface area contributed by atoms with Crippen LogP contribution in [0.25, 0.3) is 0 Å². The average molecular weight is 379 g/mol. The van der Waals surface area contributed by atoms with Gasteiger partial charge in [0.1, 0.15) is 5.82 Å². The minimum Gasteiger partial charge on any atom is -0.379 e. The molecule has 2 aliphatic heterocycles. The van der Waals surface area contributed by atoms with Gasteiger partial charge in [0, 0.05) is 51.0 Å². The molecule has 0 saturated carbocycles. The topological polar surface area (TPSA) is 65.6 Å². The number of thiocarbonyl (C=S) groups is 1. The Labute approximate surface area is 161 Å². The first-order valence-electron chi connectivity index (χ1n) is 9.56. The van der Waals surface area contributed by atoms with E-state index in [1.54, 1.807) is 0 Å². The van der Waals surface area contributed by atoms with E-state index in [1.165, 1.54) is 12.8 Å². The van der Waals surface area contributed by atoms with Crippen molar-refractivity contribution in [3.63, 3.8) is 0 Å². The third kappa shape index (κ3) is 5.75. The lowest BCUT2D eigenvalue weighted by Crippen LogP contribution is -2.42. The van der Waals surface area contributed by atoms with E-state index in [1.807, 2.05) is 6.92 Å². The van der Waals surface area contributed by atoms with Crippen LogP contribution in [0.3, 0.4) is 0 Å². The number of rotatable bonds is 5. The highest BCUT2D eigenvalue weighted by molar-refractivity contribution is 7.80. The van der Waals surface area contributed by atoms with Crippen molar-refractivity contribution in [3.8, 4) is 0 Å². The molecule has 2 fully saturated rings. The molecule has 2 N–H and O–H groups in total. The molecular formula is C18H30N6OS. The van der Waals surface area contributed by atoms with Crippen LogP contribution in [0, 0.1) is 12.8 Å². The molecule has 1 aromatic heterocycles. The van der Waals surface area contributed by atoms with Crippen LogP contribution in [0.1, 0.15) is 25.5 Å². The molecule has 3 rings (SSSR count). The maximum Gasteiger partial charge on any atom is 0.231 e. The lowest BCUT2D eigenvalue weighted by Gasteiger charge is -2.32. The van der Waals surface area contributed by atoms with Crippen molar-refractivity contribution >= 4 is 29.1 Å². The Balaban J connectivity index is 1.51. The smallest absolute Gasteiger partial charge is 0.231 e. The molecule has 0 amide bonds. The Morgan fingerprint density at radius 3 is 2.88 bits per heavy atom. The minimum absolute atomic E-state index is 0.571. The van der Waals surface area contributed by atoms with E-state index < -0.39 is 0 Å². The molecule has 8 heteroatoms. The van der Waals surface area contributed by atoms with Crippen LogP contribution < -0.4 is 15.5 Å². The van der Waals surface area contributed by atoms with Crippen molar-refractivity contribution in [1.82, 2.24) is 20.2 Å². The number of nitrogens with zero attached hydrogens (tertiary/aromatic N) is 4. The highest BCUT2D eigenvalue weighted by atomic mass is 32.1. The van der Waals surface area contributed by atoms with Gasteiger partial charge in [-0.3, -0.25) is 4.90 Å². The summed E-state index contributed by atoms with van der Waals surface area (Å²) in [6, 6.07) is 2.05. The third-order valence-electron chi connectivity index (χ3n) is 4.86. The second kappa shape index (κ2) is 9.43. The second-order valence-corrected chi connectivity index (χ2v) is 7.63.